The molecule has 3 rings (SSSR count). The van der Waals surface area contributed by atoms with Gasteiger partial charge in [0.25, 0.3) is 0 Å². The van der Waals surface area contributed by atoms with Gasteiger partial charge in [0.05, 0.1) is 6.07 Å². The van der Waals surface area contributed by atoms with Crippen LogP contribution >= 0.6 is 0 Å². The van der Waals surface area contributed by atoms with Crippen LogP contribution in [0, 0.1) is 16.7 Å². The first-order valence-corrected chi connectivity index (χ1v) is 7.57. The fourth-order valence-corrected chi connectivity index (χ4v) is 3.30. The molecule has 1 aliphatic heterocycles. The van der Waals surface area contributed by atoms with Crippen molar-refractivity contribution in [2.45, 2.75) is 25.3 Å². The Morgan fingerprint density at radius 1 is 1.25 bits per heavy atom. The molecule has 0 spiro atoms. The number of nitrogens with zero attached hydrogens (tertiary/aromatic N) is 3. The topological polar surface area (TPSA) is 30.3 Å². The van der Waals surface area contributed by atoms with E-state index in [0.29, 0.717) is 11.5 Å². The highest BCUT2D eigenvalue weighted by Crippen LogP contribution is 2.50. The van der Waals surface area contributed by atoms with E-state index in [9.17, 15) is 0 Å². The van der Waals surface area contributed by atoms with Crippen LogP contribution in [0.2, 0.25) is 0 Å². The normalized spacial score (nSPS) is 26.1. The summed E-state index contributed by atoms with van der Waals surface area (Å²) in [5, 5.41) is 9.02. The molecule has 0 amide bonds. The second-order valence-corrected chi connectivity index (χ2v) is 6.49. The van der Waals surface area contributed by atoms with Crippen LogP contribution in [0.4, 0.5) is 0 Å². The van der Waals surface area contributed by atoms with Crippen molar-refractivity contribution in [3.05, 3.63) is 35.9 Å². The van der Waals surface area contributed by atoms with Crippen molar-refractivity contribution in [2.75, 3.05) is 33.2 Å². The monoisotopic (exact) mass is 269 g/mol. The van der Waals surface area contributed by atoms with Gasteiger partial charge in [0, 0.05) is 38.6 Å². The second-order valence-electron chi connectivity index (χ2n) is 6.49. The highest BCUT2D eigenvalue weighted by Gasteiger charge is 2.45. The van der Waals surface area contributed by atoms with Gasteiger partial charge in [-0.1, -0.05) is 30.3 Å². The first-order chi connectivity index (χ1) is 9.72. The van der Waals surface area contributed by atoms with Crippen LogP contribution in [0.1, 0.15) is 30.9 Å². The number of likely N-dealkylation sites (N-methyl/N-ethyl adjacent to an activating group) is 1. The molecule has 1 aromatic rings. The summed E-state index contributed by atoms with van der Waals surface area (Å²) in [6.45, 7) is 4.43. The summed E-state index contributed by atoms with van der Waals surface area (Å²) in [5.74, 6) is 0. The highest BCUT2D eigenvalue weighted by atomic mass is 15.3. The van der Waals surface area contributed by atoms with Crippen LogP contribution in [0.3, 0.4) is 0 Å². The first kappa shape index (κ1) is 13.6. The largest absolute Gasteiger partial charge is 0.303 e. The summed E-state index contributed by atoms with van der Waals surface area (Å²) in [5.41, 5.74) is 1.71. The number of piperazine rings is 1. The van der Waals surface area contributed by atoms with Gasteiger partial charge in [-0.2, -0.15) is 5.26 Å². The smallest absolute Gasteiger partial charge is 0.0628 e. The van der Waals surface area contributed by atoms with Gasteiger partial charge >= 0.3 is 0 Å². The summed E-state index contributed by atoms with van der Waals surface area (Å²) in [6, 6.07) is 13.7. The molecular formula is C17H23N3. The second kappa shape index (κ2) is 5.55. The van der Waals surface area contributed by atoms with Gasteiger partial charge in [-0.05, 0) is 30.9 Å². The minimum atomic E-state index is 0.303. The van der Waals surface area contributed by atoms with Crippen LogP contribution in [0.25, 0.3) is 0 Å². The lowest BCUT2D eigenvalue weighted by Crippen LogP contribution is -2.48. The van der Waals surface area contributed by atoms with Gasteiger partial charge in [0.2, 0.25) is 0 Å². The van der Waals surface area contributed by atoms with Gasteiger partial charge in [0.15, 0.2) is 0 Å². The summed E-state index contributed by atoms with van der Waals surface area (Å²) in [6.07, 6.45) is 3.18. The molecule has 0 N–H and O–H groups in total. The Morgan fingerprint density at radius 2 is 2.00 bits per heavy atom. The Kier molecular flexibility index (Phi) is 3.78. The fraction of sp³-hybridized carbons (Fsp3) is 0.588. The van der Waals surface area contributed by atoms with E-state index in [1.807, 2.05) is 0 Å². The van der Waals surface area contributed by atoms with Crippen LogP contribution in [0.15, 0.2) is 30.3 Å². The zero-order valence-corrected chi connectivity index (χ0v) is 12.3. The number of nitriles is 1. The maximum Gasteiger partial charge on any atom is 0.0628 e. The zero-order valence-electron chi connectivity index (χ0n) is 12.3. The highest BCUT2D eigenvalue weighted by molar-refractivity contribution is 5.20. The summed E-state index contributed by atoms with van der Waals surface area (Å²) in [4.78, 5) is 5.03. The summed E-state index contributed by atoms with van der Waals surface area (Å²) < 4.78 is 0. The predicted molar refractivity (Wildman–Crippen MR) is 80.2 cm³/mol. The van der Waals surface area contributed by atoms with Crippen molar-refractivity contribution in [1.29, 1.82) is 5.26 Å². The fourth-order valence-electron chi connectivity index (χ4n) is 3.30. The molecule has 2 fully saturated rings. The van der Waals surface area contributed by atoms with Crippen molar-refractivity contribution in [2.24, 2.45) is 5.41 Å². The number of hydrogen-bond acceptors (Lipinski definition) is 3. The van der Waals surface area contributed by atoms with Crippen molar-refractivity contribution < 1.29 is 0 Å². The molecule has 0 radical (unpaired) electrons. The molecule has 1 heterocycles. The SMILES string of the molecule is CN1CCN(CC2(CC#N)CC2)C(c2ccccc2)C1. The molecule has 3 nitrogen and oxygen atoms in total. The van der Waals surface area contributed by atoms with Gasteiger partial charge in [-0.25, -0.2) is 0 Å². The standard InChI is InChI=1S/C17H23N3/c1-19-11-12-20(14-17(7-8-17)9-10-18)16(13-19)15-5-3-2-4-6-15/h2-6,16H,7-9,11-14H2,1H3. The lowest BCUT2D eigenvalue weighted by molar-refractivity contribution is 0.0711. The molecule has 1 aliphatic carbocycles. The zero-order chi connectivity index (χ0) is 14.0. The Hall–Kier alpha value is -1.37. The first-order valence-electron chi connectivity index (χ1n) is 7.57. The van der Waals surface area contributed by atoms with Crippen molar-refractivity contribution >= 4 is 0 Å². The lowest BCUT2D eigenvalue weighted by Gasteiger charge is -2.41. The van der Waals surface area contributed by atoms with E-state index in [4.69, 9.17) is 5.26 Å². The molecule has 0 bridgehead atoms. The minimum Gasteiger partial charge on any atom is -0.303 e. The van der Waals surface area contributed by atoms with Gasteiger partial charge in [-0.15, -0.1) is 0 Å². The molecule has 3 heteroatoms. The number of hydrogen-bond donors (Lipinski definition) is 0. The molecule has 1 atom stereocenters. The molecule has 1 saturated carbocycles. The summed E-state index contributed by atoms with van der Waals surface area (Å²) in [7, 11) is 2.20. The van der Waals surface area contributed by atoms with Crippen molar-refractivity contribution in [1.82, 2.24) is 9.80 Å². The van der Waals surface area contributed by atoms with Gasteiger partial charge < -0.3 is 4.90 Å². The average Bonchev–Trinajstić information content (AvgIpc) is 3.22. The molecule has 1 aromatic carbocycles. The van der Waals surface area contributed by atoms with E-state index in [0.717, 1.165) is 32.6 Å². The third-order valence-electron chi connectivity index (χ3n) is 4.83. The van der Waals surface area contributed by atoms with Crippen LogP contribution < -0.4 is 0 Å². The van der Waals surface area contributed by atoms with E-state index in [-0.39, 0.29) is 0 Å². The molecular weight excluding hydrogens is 246 g/mol. The van der Waals surface area contributed by atoms with E-state index >= 15 is 0 Å². The van der Waals surface area contributed by atoms with E-state index in [1.54, 1.807) is 0 Å². The average molecular weight is 269 g/mol. The number of rotatable bonds is 4. The molecule has 1 unspecified atom stereocenters. The summed E-state index contributed by atoms with van der Waals surface area (Å²) >= 11 is 0. The van der Waals surface area contributed by atoms with Gasteiger partial charge in [0.1, 0.15) is 0 Å². The molecule has 20 heavy (non-hydrogen) atoms. The van der Waals surface area contributed by atoms with Gasteiger partial charge in [-0.3, -0.25) is 4.90 Å². The molecule has 2 aliphatic rings. The van der Waals surface area contributed by atoms with Crippen molar-refractivity contribution in [3.63, 3.8) is 0 Å². The van der Waals surface area contributed by atoms with Crippen LogP contribution in [0.5, 0.6) is 0 Å². The van der Waals surface area contributed by atoms with Crippen LogP contribution in [-0.2, 0) is 0 Å². The maximum absolute atomic E-state index is 9.02. The van der Waals surface area contributed by atoms with Crippen molar-refractivity contribution in [3.8, 4) is 6.07 Å². The Balaban J connectivity index is 1.76. The Labute approximate surface area is 121 Å². The maximum atomic E-state index is 9.02. The van der Waals surface area contributed by atoms with E-state index in [2.05, 4.69) is 53.2 Å². The van der Waals surface area contributed by atoms with E-state index < -0.39 is 0 Å². The predicted octanol–water partition coefficient (Wildman–Crippen LogP) is 2.67. The molecule has 106 valence electrons. The van der Waals surface area contributed by atoms with Crippen LogP contribution in [-0.4, -0.2) is 43.0 Å². The quantitative estimate of drug-likeness (QED) is 0.842. The Bertz CT molecular complexity index is 487. The Morgan fingerprint density at radius 3 is 2.65 bits per heavy atom. The number of benzene rings is 1. The third-order valence-corrected chi connectivity index (χ3v) is 4.83. The molecule has 1 saturated heterocycles. The van der Waals surface area contributed by atoms with E-state index in [1.165, 1.54) is 18.4 Å². The third kappa shape index (κ3) is 2.87. The lowest BCUT2D eigenvalue weighted by atomic mass is 9.97. The minimum absolute atomic E-state index is 0.303. The molecule has 0 aromatic heterocycles.